The number of pyridine rings is 1. The molecule has 0 aliphatic rings. The number of hydrogen-bond acceptors (Lipinski definition) is 2. The van der Waals surface area contributed by atoms with Crippen molar-refractivity contribution < 1.29 is 0 Å². The van der Waals surface area contributed by atoms with Crippen LogP contribution in [0.15, 0.2) is 23.1 Å². The van der Waals surface area contributed by atoms with E-state index in [0.29, 0.717) is 5.56 Å². The van der Waals surface area contributed by atoms with Gasteiger partial charge in [-0.15, -0.1) is 0 Å². The van der Waals surface area contributed by atoms with Gasteiger partial charge in [0.15, 0.2) is 0 Å². The fourth-order valence-electron chi connectivity index (χ4n) is 1.35. The summed E-state index contributed by atoms with van der Waals surface area (Å²) in [4.78, 5) is 11.6. The lowest BCUT2D eigenvalue weighted by Gasteiger charge is -1.97. The van der Waals surface area contributed by atoms with Crippen LogP contribution in [0.2, 0.25) is 0 Å². The Morgan fingerprint density at radius 2 is 2.38 bits per heavy atom. The van der Waals surface area contributed by atoms with Crippen LogP contribution in [0.1, 0.15) is 11.1 Å². The SMILES string of the molecule is Cc1cc2cc[nH]n2c(=O)c1C#N. The first-order valence-electron chi connectivity index (χ1n) is 3.84. The van der Waals surface area contributed by atoms with E-state index in [2.05, 4.69) is 5.10 Å². The van der Waals surface area contributed by atoms with Crippen LogP contribution in [0.25, 0.3) is 5.52 Å². The van der Waals surface area contributed by atoms with Gasteiger partial charge in [0.2, 0.25) is 0 Å². The van der Waals surface area contributed by atoms with E-state index in [1.54, 1.807) is 25.3 Å². The van der Waals surface area contributed by atoms with Gasteiger partial charge >= 0.3 is 0 Å². The van der Waals surface area contributed by atoms with E-state index in [-0.39, 0.29) is 11.1 Å². The van der Waals surface area contributed by atoms with Gasteiger partial charge in [-0.3, -0.25) is 9.89 Å². The molecule has 0 unspecified atom stereocenters. The zero-order valence-electron chi connectivity index (χ0n) is 7.03. The maximum absolute atomic E-state index is 11.6. The number of hydrogen-bond donors (Lipinski definition) is 1. The van der Waals surface area contributed by atoms with Gasteiger partial charge in [0, 0.05) is 6.20 Å². The molecule has 4 heteroatoms. The zero-order valence-corrected chi connectivity index (χ0v) is 7.03. The summed E-state index contributed by atoms with van der Waals surface area (Å²) in [5.74, 6) is 0. The molecule has 0 aliphatic heterocycles. The maximum atomic E-state index is 11.6. The van der Waals surface area contributed by atoms with Crippen molar-refractivity contribution in [2.75, 3.05) is 0 Å². The van der Waals surface area contributed by atoms with Gasteiger partial charge in [-0.25, -0.2) is 4.52 Å². The third-order valence-electron chi connectivity index (χ3n) is 2.00. The van der Waals surface area contributed by atoms with Crippen molar-refractivity contribution in [3.63, 3.8) is 0 Å². The van der Waals surface area contributed by atoms with Crippen molar-refractivity contribution in [2.24, 2.45) is 0 Å². The van der Waals surface area contributed by atoms with Gasteiger partial charge in [0.1, 0.15) is 11.6 Å². The number of nitrogens with one attached hydrogen (secondary N) is 1. The highest BCUT2D eigenvalue weighted by Gasteiger charge is 2.06. The first kappa shape index (κ1) is 7.62. The third kappa shape index (κ3) is 0.942. The van der Waals surface area contributed by atoms with Gasteiger partial charge in [-0.05, 0) is 24.6 Å². The minimum atomic E-state index is -0.289. The van der Waals surface area contributed by atoms with Crippen molar-refractivity contribution in [1.82, 2.24) is 9.61 Å². The van der Waals surface area contributed by atoms with E-state index in [1.807, 2.05) is 6.07 Å². The molecule has 2 aromatic rings. The molecule has 2 heterocycles. The molecule has 0 saturated heterocycles. The summed E-state index contributed by atoms with van der Waals surface area (Å²) in [6.07, 6.45) is 1.66. The van der Waals surface area contributed by atoms with Crippen LogP contribution >= 0.6 is 0 Å². The number of nitrogens with zero attached hydrogens (tertiary/aromatic N) is 2. The van der Waals surface area contributed by atoms with Gasteiger partial charge < -0.3 is 0 Å². The predicted molar refractivity (Wildman–Crippen MR) is 47.5 cm³/mol. The highest BCUT2D eigenvalue weighted by atomic mass is 16.1. The van der Waals surface area contributed by atoms with Gasteiger partial charge in [-0.1, -0.05) is 0 Å². The Bertz CT molecular complexity index is 556. The summed E-state index contributed by atoms with van der Waals surface area (Å²) >= 11 is 0. The molecule has 0 amide bonds. The molecule has 0 saturated carbocycles. The second-order valence-corrected chi connectivity index (χ2v) is 2.84. The highest BCUT2D eigenvalue weighted by molar-refractivity contribution is 5.51. The normalized spacial score (nSPS) is 10.2. The highest BCUT2D eigenvalue weighted by Crippen LogP contribution is 2.05. The molecule has 4 nitrogen and oxygen atoms in total. The van der Waals surface area contributed by atoms with Crippen LogP contribution in [-0.4, -0.2) is 9.61 Å². The molecule has 0 radical (unpaired) electrons. The number of H-pyrrole nitrogens is 1. The molecule has 2 rings (SSSR count). The number of aromatic nitrogens is 2. The number of rotatable bonds is 0. The predicted octanol–water partition coefficient (Wildman–Crippen LogP) is 0.808. The second-order valence-electron chi connectivity index (χ2n) is 2.84. The largest absolute Gasteiger partial charge is 0.298 e. The fourth-order valence-corrected chi connectivity index (χ4v) is 1.35. The van der Waals surface area contributed by atoms with E-state index in [9.17, 15) is 4.79 Å². The number of fused-ring (bicyclic) bond motifs is 1. The van der Waals surface area contributed by atoms with E-state index in [4.69, 9.17) is 5.26 Å². The number of aryl methyl sites for hydroxylation is 1. The van der Waals surface area contributed by atoms with E-state index >= 15 is 0 Å². The van der Waals surface area contributed by atoms with Gasteiger partial charge in [0.25, 0.3) is 5.56 Å². The molecule has 0 aliphatic carbocycles. The summed E-state index contributed by atoms with van der Waals surface area (Å²) in [5.41, 5.74) is 1.40. The van der Waals surface area contributed by atoms with Crippen molar-refractivity contribution >= 4 is 5.52 Å². The summed E-state index contributed by atoms with van der Waals surface area (Å²) in [5, 5.41) is 11.5. The Balaban J connectivity index is 3.04. The molecule has 0 spiro atoms. The molecule has 0 aromatic carbocycles. The van der Waals surface area contributed by atoms with Gasteiger partial charge in [-0.2, -0.15) is 5.26 Å². The van der Waals surface area contributed by atoms with Crippen molar-refractivity contribution in [1.29, 1.82) is 5.26 Å². The molecular weight excluding hydrogens is 166 g/mol. The van der Waals surface area contributed by atoms with Crippen LogP contribution in [0.4, 0.5) is 0 Å². The standard InChI is InChI=1S/C9H7N3O/c1-6-4-7-2-3-11-12(7)9(13)8(6)5-10/h2-4,11H,1H3. The lowest BCUT2D eigenvalue weighted by molar-refractivity contribution is 0.910. The Hall–Kier alpha value is -2.02. The number of aromatic amines is 1. The fraction of sp³-hybridized carbons (Fsp3) is 0.111. The van der Waals surface area contributed by atoms with E-state index in [1.165, 1.54) is 4.52 Å². The average Bonchev–Trinajstić information content (AvgIpc) is 2.53. The lowest BCUT2D eigenvalue weighted by Crippen LogP contribution is -2.17. The minimum Gasteiger partial charge on any atom is -0.298 e. The zero-order chi connectivity index (χ0) is 9.42. The maximum Gasteiger partial charge on any atom is 0.287 e. The van der Waals surface area contributed by atoms with Crippen LogP contribution < -0.4 is 5.56 Å². The third-order valence-corrected chi connectivity index (χ3v) is 2.00. The first-order chi connectivity index (χ1) is 6.24. The molecule has 0 atom stereocenters. The molecule has 0 bridgehead atoms. The summed E-state index contributed by atoms with van der Waals surface area (Å²) in [6.45, 7) is 1.76. The Kier molecular flexibility index (Phi) is 1.46. The van der Waals surface area contributed by atoms with Crippen molar-refractivity contribution in [3.05, 3.63) is 39.8 Å². The topological polar surface area (TPSA) is 61.1 Å². The minimum absolute atomic E-state index is 0.194. The van der Waals surface area contributed by atoms with E-state index < -0.39 is 0 Å². The van der Waals surface area contributed by atoms with Crippen LogP contribution in [-0.2, 0) is 0 Å². The molecule has 2 aromatic heterocycles. The lowest BCUT2D eigenvalue weighted by atomic mass is 10.1. The molecule has 0 fully saturated rings. The second kappa shape index (κ2) is 2.49. The summed E-state index contributed by atoms with van der Waals surface area (Å²) < 4.78 is 1.35. The summed E-state index contributed by atoms with van der Waals surface area (Å²) in [6, 6.07) is 5.48. The van der Waals surface area contributed by atoms with Crippen molar-refractivity contribution in [2.45, 2.75) is 6.92 Å². The Morgan fingerprint density at radius 3 is 3.08 bits per heavy atom. The quantitative estimate of drug-likeness (QED) is 0.640. The average molecular weight is 173 g/mol. The summed E-state index contributed by atoms with van der Waals surface area (Å²) in [7, 11) is 0. The van der Waals surface area contributed by atoms with E-state index in [0.717, 1.165) is 5.52 Å². The smallest absolute Gasteiger partial charge is 0.287 e. The van der Waals surface area contributed by atoms with Crippen LogP contribution in [0.3, 0.4) is 0 Å². The Labute approximate surface area is 74.0 Å². The molecule has 64 valence electrons. The van der Waals surface area contributed by atoms with Gasteiger partial charge in [0.05, 0.1) is 5.52 Å². The Morgan fingerprint density at radius 1 is 1.62 bits per heavy atom. The number of nitriles is 1. The van der Waals surface area contributed by atoms with Crippen molar-refractivity contribution in [3.8, 4) is 6.07 Å². The first-order valence-corrected chi connectivity index (χ1v) is 3.84. The van der Waals surface area contributed by atoms with Crippen LogP contribution in [0.5, 0.6) is 0 Å². The van der Waals surface area contributed by atoms with Crippen LogP contribution in [0, 0.1) is 18.3 Å². The monoisotopic (exact) mass is 173 g/mol. The molecule has 1 N–H and O–H groups in total. The molecule has 13 heavy (non-hydrogen) atoms. The molecular formula is C9H7N3O.